The van der Waals surface area contributed by atoms with Gasteiger partial charge in [0.2, 0.25) is 5.89 Å². The lowest BCUT2D eigenvalue weighted by Crippen LogP contribution is -2.01. The van der Waals surface area contributed by atoms with Crippen LogP contribution in [0.15, 0.2) is 53.0 Å². The lowest BCUT2D eigenvalue weighted by molar-refractivity contribution is -0.139. The Kier molecular flexibility index (Phi) is 5.61. The van der Waals surface area contributed by atoms with Crippen molar-refractivity contribution in [3.8, 4) is 17.2 Å². The minimum absolute atomic E-state index is 0.135. The number of aryl methyl sites for hydroxylation is 1. The van der Waals surface area contributed by atoms with E-state index >= 15 is 0 Å². The van der Waals surface area contributed by atoms with Gasteiger partial charge in [0.25, 0.3) is 5.89 Å². The molecule has 0 N–H and O–H groups in total. The zero-order valence-corrected chi connectivity index (χ0v) is 14.8. The van der Waals surface area contributed by atoms with Crippen molar-refractivity contribution in [1.29, 1.82) is 0 Å². The zero-order valence-electron chi connectivity index (χ0n) is 14.8. The van der Waals surface area contributed by atoms with Gasteiger partial charge in [0.15, 0.2) is 18.2 Å². The molecule has 7 heteroatoms. The van der Waals surface area contributed by atoms with E-state index < -0.39 is 11.8 Å². The summed E-state index contributed by atoms with van der Waals surface area (Å²) < 4.78 is 29.0. The Morgan fingerprint density at radius 2 is 2.07 bits per heavy atom. The summed E-state index contributed by atoms with van der Waals surface area (Å²) in [6.45, 7) is 1.81. The fourth-order valence-corrected chi connectivity index (χ4v) is 2.34. The normalized spacial score (nSPS) is 10.9. The van der Waals surface area contributed by atoms with Gasteiger partial charge in [-0.05, 0) is 42.8 Å². The molecule has 0 radical (unpaired) electrons. The number of halogens is 1. The number of carbonyl (C=O) groups excluding carboxylic acids is 1. The Balaban J connectivity index is 1.57. The van der Waals surface area contributed by atoms with Crippen LogP contribution in [0.5, 0.6) is 5.75 Å². The predicted octanol–water partition coefficient (Wildman–Crippen LogP) is 3.95. The van der Waals surface area contributed by atoms with Crippen LogP contribution in [0.25, 0.3) is 17.5 Å². The minimum atomic E-state index is -0.610. The first-order valence-corrected chi connectivity index (χ1v) is 8.13. The van der Waals surface area contributed by atoms with E-state index in [4.69, 9.17) is 13.9 Å². The number of carbonyl (C=O) groups is 1. The van der Waals surface area contributed by atoms with Crippen LogP contribution in [0.1, 0.15) is 17.0 Å². The molecule has 138 valence electrons. The molecule has 1 heterocycles. The molecule has 0 atom stereocenters. The van der Waals surface area contributed by atoms with Crippen molar-refractivity contribution in [2.75, 3.05) is 7.11 Å². The first kappa shape index (κ1) is 18.3. The standard InChI is InChI=1S/C20H17FN2O4/c1-13-4-3-5-15(10-13)20-23-22-18(27-20)12-26-19(24)9-7-14-6-8-17(25-2)16(21)11-14/h3-11H,12H2,1-2H3/b9-7+. The molecular formula is C20H17FN2O4. The summed E-state index contributed by atoms with van der Waals surface area (Å²) in [5, 5.41) is 7.81. The van der Waals surface area contributed by atoms with Crippen molar-refractivity contribution in [3.05, 3.63) is 71.4 Å². The summed E-state index contributed by atoms with van der Waals surface area (Å²) in [6.07, 6.45) is 2.63. The Labute approximate surface area is 155 Å². The SMILES string of the molecule is COc1ccc(/C=C/C(=O)OCc2nnc(-c3cccc(C)c3)o2)cc1F. The van der Waals surface area contributed by atoms with Crippen LogP contribution in [0.3, 0.4) is 0 Å². The third kappa shape index (κ3) is 4.78. The fraction of sp³-hybridized carbons (Fsp3) is 0.150. The molecule has 0 bridgehead atoms. The summed E-state index contributed by atoms with van der Waals surface area (Å²) >= 11 is 0. The second-order valence-electron chi connectivity index (χ2n) is 5.71. The molecule has 0 spiro atoms. The van der Waals surface area contributed by atoms with Crippen molar-refractivity contribution in [3.63, 3.8) is 0 Å². The van der Waals surface area contributed by atoms with Crippen LogP contribution in [0.2, 0.25) is 0 Å². The van der Waals surface area contributed by atoms with E-state index in [2.05, 4.69) is 10.2 Å². The summed E-state index contributed by atoms with van der Waals surface area (Å²) in [4.78, 5) is 11.8. The number of ether oxygens (including phenoxy) is 2. The third-order valence-electron chi connectivity index (χ3n) is 3.66. The van der Waals surface area contributed by atoms with E-state index in [-0.39, 0.29) is 18.2 Å². The maximum atomic E-state index is 13.6. The van der Waals surface area contributed by atoms with Crippen LogP contribution < -0.4 is 4.74 Å². The Bertz CT molecular complexity index is 982. The Hall–Kier alpha value is -3.48. The van der Waals surface area contributed by atoms with Gasteiger partial charge in [0, 0.05) is 11.6 Å². The highest BCUT2D eigenvalue weighted by Crippen LogP contribution is 2.20. The van der Waals surface area contributed by atoms with Crippen LogP contribution >= 0.6 is 0 Å². The van der Waals surface area contributed by atoms with Crippen LogP contribution in [-0.4, -0.2) is 23.3 Å². The monoisotopic (exact) mass is 368 g/mol. The van der Waals surface area contributed by atoms with Gasteiger partial charge in [-0.3, -0.25) is 0 Å². The van der Waals surface area contributed by atoms with Crippen molar-refractivity contribution >= 4 is 12.0 Å². The lowest BCUT2D eigenvalue weighted by atomic mass is 10.1. The quantitative estimate of drug-likeness (QED) is 0.484. The van der Waals surface area contributed by atoms with Crippen molar-refractivity contribution in [2.45, 2.75) is 13.5 Å². The highest BCUT2D eigenvalue weighted by molar-refractivity contribution is 5.87. The van der Waals surface area contributed by atoms with Crippen LogP contribution in [0, 0.1) is 12.7 Å². The molecule has 0 saturated heterocycles. The molecule has 6 nitrogen and oxygen atoms in total. The van der Waals surface area contributed by atoms with Gasteiger partial charge in [-0.25, -0.2) is 9.18 Å². The molecule has 0 saturated carbocycles. The topological polar surface area (TPSA) is 74.5 Å². The minimum Gasteiger partial charge on any atom is -0.494 e. The number of methoxy groups -OCH3 is 1. The second-order valence-corrected chi connectivity index (χ2v) is 5.71. The van der Waals surface area contributed by atoms with E-state index in [1.165, 1.54) is 31.4 Å². The molecule has 3 rings (SSSR count). The summed E-state index contributed by atoms with van der Waals surface area (Å²) in [7, 11) is 1.38. The van der Waals surface area contributed by atoms with Gasteiger partial charge in [0.1, 0.15) is 0 Å². The molecule has 0 aliphatic carbocycles. The average molecular weight is 368 g/mol. The molecule has 0 unspecified atom stereocenters. The number of benzene rings is 2. The number of esters is 1. The first-order chi connectivity index (χ1) is 13.0. The summed E-state index contributed by atoms with van der Waals surface area (Å²) in [5.41, 5.74) is 2.37. The predicted molar refractivity (Wildman–Crippen MR) is 96.3 cm³/mol. The largest absolute Gasteiger partial charge is 0.494 e. The van der Waals surface area contributed by atoms with E-state index in [0.717, 1.165) is 11.1 Å². The number of rotatable bonds is 6. The summed E-state index contributed by atoms with van der Waals surface area (Å²) in [5.74, 6) is -0.447. The van der Waals surface area contributed by atoms with E-state index in [0.29, 0.717) is 11.5 Å². The smallest absolute Gasteiger partial charge is 0.331 e. The molecular weight excluding hydrogens is 351 g/mol. The van der Waals surface area contributed by atoms with E-state index in [1.54, 1.807) is 6.07 Å². The molecule has 0 aliphatic heterocycles. The van der Waals surface area contributed by atoms with E-state index in [1.807, 2.05) is 31.2 Å². The van der Waals surface area contributed by atoms with Gasteiger partial charge < -0.3 is 13.9 Å². The molecule has 2 aromatic carbocycles. The average Bonchev–Trinajstić information content (AvgIpc) is 3.14. The highest BCUT2D eigenvalue weighted by atomic mass is 19.1. The number of aromatic nitrogens is 2. The van der Waals surface area contributed by atoms with Crippen molar-refractivity contribution < 1.29 is 23.1 Å². The van der Waals surface area contributed by atoms with Crippen molar-refractivity contribution in [2.24, 2.45) is 0 Å². The van der Waals surface area contributed by atoms with Crippen LogP contribution in [-0.2, 0) is 16.1 Å². The molecule has 1 aromatic heterocycles. The highest BCUT2D eigenvalue weighted by Gasteiger charge is 2.10. The Morgan fingerprint density at radius 1 is 1.22 bits per heavy atom. The van der Waals surface area contributed by atoms with Crippen molar-refractivity contribution in [1.82, 2.24) is 10.2 Å². The maximum absolute atomic E-state index is 13.6. The van der Waals surface area contributed by atoms with Gasteiger partial charge in [-0.15, -0.1) is 10.2 Å². The van der Waals surface area contributed by atoms with Gasteiger partial charge >= 0.3 is 5.97 Å². The molecule has 0 amide bonds. The lowest BCUT2D eigenvalue weighted by Gasteiger charge is -2.02. The zero-order chi connectivity index (χ0) is 19.2. The maximum Gasteiger partial charge on any atom is 0.331 e. The van der Waals surface area contributed by atoms with Crippen LogP contribution in [0.4, 0.5) is 4.39 Å². The Morgan fingerprint density at radius 3 is 2.81 bits per heavy atom. The first-order valence-electron chi connectivity index (χ1n) is 8.13. The number of hydrogen-bond acceptors (Lipinski definition) is 6. The number of nitrogens with zero attached hydrogens (tertiary/aromatic N) is 2. The van der Waals surface area contributed by atoms with Gasteiger partial charge in [-0.1, -0.05) is 23.8 Å². The second kappa shape index (κ2) is 8.27. The molecule has 0 fully saturated rings. The van der Waals surface area contributed by atoms with Gasteiger partial charge in [0.05, 0.1) is 7.11 Å². The number of hydrogen-bond donors (Lipinski definition) is 0. The van der Waals surface area contributed by atoms with E-state index in [9.17, 15) is 9.18 Å². The fourth-order valence-electron chi connectivity index (χ4n) is 2.34. The molecule has 0 aliphatic rings. The summed E-state index contributed by atoms with van der Waals surface area (Å²) in [6, 6.07) is 12.0. The molecule has 3 aromatic rings. The van der Waals surface area contributed by atoms with Gasteiger partial charge in [-0.2, -0.15) is 0 Å². The molecule has 27 heavy (non-hydrogen) atoms. The third-order valence-corrected chi connectivity index (χ3v) is 3.66.